The van der Waals surface area contributed by atoms with Crippen LogP contribution in [0.4, 0.5) is 0 Å². The smallest absolute Gasteiger partial charge is 0.462 e. The first kappa shape index (κ1) is 57.0. The first-order valence-electron chi connectivity index (χ1n) is 24.1. The van der Waals surface area contributed by atoms with Crippen molar-refractivity contribution < 1.29 is 37.6 Å². The fraction of sp³-hybridized carbons (Fsp3) is 0.796. The highest BCUT2D eigenvalue weighted by Crippen LogP contribution is 2.43. The van der Waals surface area contributed by atoms with Crippen molar-refractivity contribution in [1.29, 1.82) is 0 Å². The summed E-state index contributed by atoms with van der Waals surface area (Å²) in [4.78, 5) is 34.9. The summed E-state index contributed by atoms with van der Waals surface area (Å²) in [7, 11) is -4.39. The maximum atomic E-state index is 12.6. The molecule has 0 bridgehead atoms. The lowest BCUT2D eigenvalue weighted by Gasteiger charge is -2.19. The molecule has 0 aromatic rings. The van der Waals surface area contributed by atoms with Gasteiger partial charge in [0.2, 0.25) is 0 Å². The molecular weight excluding hydrogens is 762 g/mol. The van der Waals surface area contributed by atoms with Gasteiger partial charge in [0.25, 0.3) is 0 Å². The van der Waals surface area contributed by atoms with E-state index in [0.29, 0.717) is 12.8 Å². The number of nitrogens with two attached hydrogens (primary N) is 1. The van der Waals surface area contributed by atoms with E-state index in [1.54, 1.807) is 0 Å². The Balaban J connectivity index is 4.13. The average Bonchev–Trinajstić information content (AvgIpc) is 3.22. The van der Waals surface area contributed by atoms with E-state index in [2.05, 4.69) is 56.4 Å². The number of esters is 2. The van der Waals surface area contributed by atoms with Crippen LogP contribution in [0, 0.1) is 0 Å². The molecule has 344 valence electrons. The van der Waals surface area contributed by atoms with Crippen LogP contribution < -0.4 is 5.73 Å². The standard InChI is InChI=1S/C49H90NO8P/c1-3-5-7-9-11-13-15-17-19-21-22-23-24-26-27-29-31-33-35-37-39-41-48(51)55-45-47(46-57-59(53,54)56-44-43-50)58-49(52)42-40-38-36-34-32-30-28-25-20-18-16-14-12-10-8-6-4-2/h12,14,18,20,28,30,34,36,47H,3-11,13,15-17,19,21-27,29,31-33,35,37-46,50H2,1-2H3,(H,53,54)/b14-12+,20-18+,30-28+,36-34+/t47-/m1/s1. The summed E-state index contributed by atoms with van der Waals surface area (Å²) >= 11 is 0. The van der Waals surface area contributed by atoms with Crippen LogP contribution in [-0.2, 0) is 32.7 Å². The van der Waals surface area contributed by atoms with Gasteiger partial charge in [-0.2, -0.15) is 0 Å². The lowest BCUT2D eigenvalue weighted by atomic mass is 10.0. The van der Waals surface area contributed by atoms with Crippen molar-refractivity contribution in [2.75, 3.05) is 26.4 Å². The number of hydrogen-bond acceptors (Lipinski definition) is 8. The van der Waals surface area contributed by atoms with Crippen LogP contribution in [0.2, 0.25) is 0 Å². The minimum Gasteiger partial charge on any atom is -0.462 e. The van der Waals surface area contributed by atoms with E-state index < -0.39 is 32.5 Å². The quantitative estimate of drug-likeness (QED) is 0.0266. The van der Waals surface area contributed by atoms with Crippen molar-refractivity contribution in [3.05, 3.63) is 48.6 Å². The molecule has 0 heterocycles. The van der Waals surface area contributed by atoms with Crippen molar-refractivity contribution in [1.82, 2.24) is 0 Å². The summed E-state index contributed by atoms with van der Waals surface area (Å²) in [5, 5.41) is 0. The topological polar surface area (TPSA) is 134 Å². The average molecular weight is 852 g/mol. The van der Waals surface area contributed by atoms with Crippen molar-refractivity contribution in [3.8, 4) is 0 Å². The molecule has 0 spiro atoms. The summed E-state index contributed by atoms with van der Waals surface area (Å²) in [6.07, 6.45) is 53.0. The second kappa shape index (κ2) is 45.5. The number of phosphoric acid groups is 1. The zero-order valence-electron chi connectivity index (χ0n) is 38.0. The van der Waals surface area contributed by atoms with Crippen LogP contribution >= 0.6 is 7.82 Å². The van der Waals surface area contributed by atoms with E-state index in [1.807, 2.05) is 6.08 Å². The molecule has 0 aromatic carbocycles. The summed E-state index contributed by atoms with van der Waals surface area (Å²) in [6.45, 7) is 3.67. The molecule has 0 saturated carbocycles. The zero-order chi connectivity index (χ0) is 43.2. The molecule has 0 aliphatic rings. The van der Waals surface area contributed by atoms with E-state index in [-0.39, 0.29) is 32.6 Å². The maximum Gasteiger partial charge on any atom is 0.472 e. The van der Waals surface area contributed by atoms with Gasteiger partial charge in [0.05, 0.1) is 13.2 Å². The van der Waals surface area contributed by atoms with Gasteiger partial charge in [0, 0.05) is 19.4 Å². The number of carbonyl (C=O) groups excluding carboxylic acids is 2. The highest BCUT2D eigenvalue weighted by atomic mass is 31.2. The lowest BCUT2D eigenvalue weighted by Crippen LogP contribution is -2.29. The van der Waals surface area contributed by atoms with E-state index in [1.165, 1.54) is 141 Å². The second-order valence-electron chi connectivity index (χ2n) is 16.0. The number of hydrogen-bond donors (Lipinski definition) is 2. The van der Waals surface area contributed by atoms with Gasteiger partial charge >= 0.3 is 19.8 Å². The van der Waals surface area contributed by atoms with E-state index in [9.17, 15) is 19.0 Å². The Morgan fingerprint density at radius 1 is 0.508 bits per heavy atom. The van der Waals surface area contributed by atoms with Crippen molar-refractivity contribution >= 4 is 19.8 Å². The largest absolute Gasteiger partial charge is 0.472 e. The second-order valence-corrected chi connectivity index (χ2v) is 17.4. The number of phosphoric ester groups is 1. The zero-order valence-corrected chi connectivity index (χ0v) is 38.9. The molecule has 3 N–H and O–H groups in total. The molecule has 1 unspecified atom stereocenters. The highest BCUT2D eigenvalue weighted by Gasteiger charge is 2.26. The minimum atomic E-state index is -4.39. The van der Waals surface area contributed by atoms with Gasteiger partial charge in [-0.25, -0.2) is 4.57 Å². The normalized spacial score (nSPS) is 13.6. The molecular formula is C49H90NO8P. The Kier molecular flexibility index (Phi) is 43.9. The molecule has 59 heavy (non-hydrogen) atoms. The van der Waals surface area contributed by atoms with Crippen LogP contribution in [0.1, 0.15) is 219 Å². The monoisotopic (exact) mass is 852 g/mol. The van der Waals surface area contributed by atoms with E-state index >= 15 is 0 Å². The van der Waals surface area contributed by atoms with Gasteiger partial charge < -0.3 is 20.1 Å². The first-order valence-corrected chi connectivity index (χ1v) is 25.6. The summed E-state index contributed by atoms with van der Waals surface area (Å²) < 4.78 is 32.8. The Labute approximate surface area is 362 Å². The van der Waals surface area contributed by atoms with Crippen molar-refractivity contribution in [2.24, 2.45) is 5.73 Å². The molecule has 0 aliphatic heterocycles. The molecule has 0 rings (SSSR count). The van der Waals surface area contributed by atoms with Gasteiger partial charge in [-0.3, -0.25) is 18.6 Å². The molecule has 9 nitrogen and oxygen atoms in total. The first-order chi connectivity index (χ1) is 28.8. The lowest BCUT2D eigenvalue weighted by molar-refractivity contribution is -0.161. The molecule has 0 radical (unpaired) electrons. The van der Waals surface area contributed by atoms with Crippen LogP contribution in [-0.4, -0.2) is 49.3 Å². The molecule has 0 saturated heterocycles. The molecule has 0 fully saturated rings. The van der Waals surface area contributed by atoms with Gasteiger partial charge in [-0.15, -0.1) is 0 Å². The van der Waals surface area contributed by atoms with E-state index in [4.69, 9.17) is 24.3 Å². The number of ether oxygens (including phenoxy) is 2. The van der Waals surface area contributed by atoms with Crippen molar-refractivity contribution in [3.63, 3.8) is 0 Å². The van der Waals surface area contributed by atoms with Crippen LogP contribution in [0.5, 0.6) is 0 Å². The number of allylic oxidation sites excluding steroid dienone is 8. The Hall–Kier alpha value is -2.03. The fourth-order valence-electron chi connectivity index (χ4n) is 6.63. The van der Waals surface area contributed by atoms with Crippen molar-refractivity contribution in [2.45, 2.75) is 225 Å². The Morgan fingerprint density at radius 2 is 0.898 bits per heavy atom. The number of carbonyl (C=O) groups is 2. The highest BCUT2D eigenvalue weighted by molar-refractivity contribution is 7.47. The third kappa shape index (κ3) is 45.3. The number of rotatable bonds is 45. The Bertz CT molecular complexity index is 1110. The summed E-state index contributed by atoms with van der Waals surface area (Å²) in [5.41, 5.74) is 5.35. The third-order valence-electron chi connectivity index (χ3n) is 10.2. The fourth-order valence-corrected chi connectivity index (χ4v) is 7.39. The van der Waals surface area contributed by atoms with Gasteiger partial charge in [0.1, 0.15) is 6.61 Å². The summed E-state index contributed by atoms with van der Waals surface area (Å²) in [6, 6.07) is 0. The molecule has 2 atom stereocenters. The molecule has 0 aromatic heterocycles. The van der Waals surface area contributed by atoms with Crippen LogP contribution in [0.15, 0.2) is 48.6 Å². The predicted octanol–water partition coefficient (Wildman–Crippen LogP) is 14.3. The molecule has 10 heteroatoms. The van der Waals surface area contributed by atoms with Crippen LogP contribution in [0.25, 0.3) is 0 Å². The van der Waals surface area contributed by atoms with Gasteiger partial charge in [-0.1, -0.05) is 204 Å². The third-order valence-corrected chi connectivity index (χ3v) is 11.2. The predicted molar refractivity (Wildman–Crippen MR) is 247 cm³/mol. The Morgan fingerprint density at radius 3 is 1.36 bits per heavy atom. The van der Waals surface area contributed by atoms with Gasteiger partial charge in [-0.05, 0) is 51.4 Å². The SMILES string of the molecule is CCCCC/C=C/C/C=C/C/C=C/C/C=C/CCCC(=O)O[C@H](COC(=O)CCCCCCCCCCCCCCCCCCCCCCC)COP(=O)(O)OCCN. The van der Waals surface area contributed by atoms with E-state index in [0.717, 1.165) is 38.5 Å². The van der Waals surface area contributed by atoms with Gasteiger partial charge in [0.15, 0.2) is 6.10 Å². The molecule has 0 amide bonds. The molecule has 0 aliphatic carbocycles. The maximum absolute atomic E-state index is 12.6. The van der Waals surface area contributed by atoms with Crippen LogP contribution in [0.3, 0.4) is 0 Å². The minimum absolute atomic E-state index is 0.0446. The number of unbranched alkanes of at least 4 members (excludes halogenated alkanes) is 24. The summed E-state index contributed by atoms with van der Waals surface area (Å²) in [5.74, 6) is -0.888.